The minimum absolute atomic E-state index is 0.199. The zero-order valence-corrected chi connectivity index (χ0v) is 19.0. The number of rotatable bonds is 3. The van der Waals surface area contributed by atoms with Gasteiger partial charge in [-0.25, -0.2) is 4.79 Å². The Labute approximate surface area is 201 Å². The molecule has 0 aromatic heterocycles. The molecule has 0 spiro atoms. The van der Waals surface area contributed by atoms with Gasteiger partial charge >= 0.3 is 6.03 Å². The fourth-order valence-electron chi connectivity index (χ4n) is 4.65. The topological polar surface area (TPSA) is 81.7 Å². The minimum atomic E-state index is -2.30. The van der Waals surface area contributed by atoms with Crippen molar-refractivity contribution in [1.29, 1.82) is 0 Å². The number of hydrogen-bond donors (Lipinski definition) is 3. The molecular weight excluding hydrogens is 461 g/mol. The molecule has 1 aliphatic heterocycles. The van der Waals surface area contributed by atoms with E-state index in [2.05, 4.69) is 10.6 Å². The van der Waals surface area contributed by atoms with E-state index in [9.17, 15) is 14.7 Å². The quantitative estimate of drug-likeness (QED) is 0.469. The summed E-state index contributed by atoms with van der Waals surface area (Å²) in [5.41, 5.74) is 0.748. The van der Waals surface area contributed by atoms with Gasteiger partial charge in [-0.05, 0) is 54.7 Å². The van der Waals surface area contributed by atoms with Gasteiger partial charge in [-0.3, -0.25) is 9.69 Å². The third kappa shape index (κ3) is 3.64. The highest BCUT2D eigenvalue weighted by Gasteiger charge is 2.52. The van der Waals surface area contributed by atoms with Crippen LogP contribution in [0.2, 0.25) is 10.0 Å². The summed E-state index contributed by atoms with van der Waals surface area (Å²) in [4.78, 5) is 28.0. The van der Waals surface area contributed by atoms with Crippen molar-refractivity contribution >= 4 is 46.5 Å². The maximum atomic E-state index is 13.8. The van der Waals surface area contributed by atoms with E-state index in [0.717, 1.165) is 29.7 Å². The number of urea groups is 1. The smallest absolute Gasteiger partial charge is 0.329 e. The molecule has 1 aliphatic carbocycles. The minimum Gasteiger partial charge on any atom is -0.359 e. The number of anilines is 2. The van der Waals surface area contributed by atoms with E-state index in [4.69, 9.17) is 23.2 Å². The van der Waals surface area contributed by atoms with Gasteiger partial charge in [0.05, 0.1) is 27.5 Å². The summed E-state index contributed by atoms with van der Waals surface area (Å²) in [7, 11) is 0. The van der Waals surface area contributed by atoms with Crippen LogP contribution in [0, 0.1) is 0 Å². The molecule has 3 amide bonds. The van der Waals surface area contributed by atoms with Crippen molar-refractivity contribution in [2.24, 2.45) is 0 Å². The number of nitrogens with zero attached hydrogens (tertiary/aromatic N) is 1. The second-order valence-electron chi connectivity index (χ2n) is 8.20. The predicted molar refractivity (Wildman–Crippen MR) is 129 cm³/mol. The van der Waals surface area contributed by atoms with Crippen LogP contribution in [0.1, 0.15) is 35.6 Å². The van der Waals surface area contributed by atoms with Crippen LogP contribution in [-0.2, 0) is 16.9 Å². The van der Waals surface area contributed by atoms with E-state index >= 15 is 0 Å². The van der Waals surface area contributed by atoms with E-state index < -0.39 is 17.7 Å². The lowest BCUT2D eigenvalue weighted by atomic mass is 9.87. The highest BCUT2D eigenvalue weighted by Crippen LogP contribution is 2.42. The molecule has 0 saturated carbocycles. The van der Waals surface area contributed by atoms with Crippen molar-refractivity contribution in [3.8, 4) is 0 Å². The van der Waals surface area contributed by atoms with Gasteiger partial charge in [-0.1, -0.05) is 65.7 Å². The van der Waals surface area contributed by atoms with Gasteiger partial charge in [0.15, 0.2) is 0 Å². The lowest BCUT2D eigenvalue weighted by molar-refractivity contribution is -0.141. The summed E-state index contributed by atoms with van der Waals surface area (Å²) < 4.78 is 0. The number of benzene rings is 3. The standard InChI is InChI=1S/C25H21Cl2N3O3/c26-19-13-12-16(14-20(19)27)30-24(32)29-22-10-4-3-9-18(22)25(30,33)23(31)28-21-11-5-7-15-6-1-2-8-17(15)21/h1-4,6,8-10,12-14,21,33H,5,7,11H2,(H,28,31)(H,29,32)/t21-,25-/m1/s1. The molecule has 8 heteroatoms. The predicted octanol–water partition coefficient (Wildman–Crippen LogP) is 5.38. The molecule has 0 radical (unpaired) electrons. The molecule has 3 N–H and O–H groups in total. The van der Waals surface area contributed by atoms with Crippen molar-refractivity contribution in [3.63, 3.8) is 0 Å². The number of fused-ring (bicyclic) bond motifs is 2. The Balaban J connectivity index is 1.60. The fourth-order valence-corrected chi connectivity index (χ4v) is 4.94. The molecule has 2 atom stereocenters. The van der Waals surface area contributed by atoms with E-state index in [1.165, 1.54) is 23.8 Å². The normalized spacial score (nSPS) is 21.6. The van der Waals surface area contributed by atoms with Crippen molar-refractivity contribution < 1.29 is 14.7 Å². The van der Waals surface area contributed by atoms with Crippen molar-refractivity contribution in [2.75, 3.05) is 10.2 Å². The van der Waals surface area contributed by atoms with Crippen LogP contribution >= 0.6 is 23.2 Å². The summed E-state index contributed by atoms with van der Waals surface area (Å²) in [5, 5.41) is 18.2. The first-order valence-corrected chi connectivity index (χ1v) is 11.4. The number of aryl methyl sites for hydroxylation is 1. The molecule has 168 valence electrons. The fraction of sp³-hybridized carbons (Fsp3) is 0.200. The summed E-state index contributed by atoms with van der Waals surface area (Å²) in [5.74, 6) is -0.697. The third-order valence-electron chi connectivity index (χ3n) is 6.22. The zero-order valence-electron chi connectivity index (χ0n) is 17.5. The second kappa shape index (κ2) is 8.37. The summed E-state index contributed by atoms with van der Waals surface area (Å²) >= 11 is 12.2. The third-order valence-corrected chi connectivity index (χ3v) is 6.96. The molecule has 3 aromatic rings. The van der Waals surface area contributed by atoms with Crippen LogP contribution in [-0.4, -0.2) is 17.0 Å². The zero-order chi connectivity index (χ0) is 23.2. The molecular formula is C25H21Cl2N3O3. The van der Waals surface area contributed by atoms with Gasteiger partial charge in [-0.15, -0.1) is 0 Å². The Morgan fingerprint density at radius 2 is 1.82 bits per heavy atom. The summed E-state index contributed by atoms with van der Waals surface area (Å²) in [6, 6.07) is 18.2. The van der Waals surface area contributed by atoms with Crippen LogP contribution < -0.4 is 15.5 Å². The molecule has 0 fully saturated rings. The Bertz CT molecular complexity index is 1270. The highest BCUT2D eigenvalue weighted by molar-refractivity contribution is 6.42. The number of nitrogens with one attached hydrogen (secondary N) is 2. The molecule has 1 heterocycles. The number of carbonyl (C=O) groups excluding carboxylic acids is 2. The van der Waals surface area contributed by atoms with Crippen LogP contribution in [0.4, 0.5) is 16.2 Å². The Morgan fingerprint density at radius 1 is 1.06 bits per heavy atom. The number of halogens is 2. The van der Waals surface area contributed by atoms with Crippen molar-refractivity contribution in [1.82, 2.24) is 5.32 Å². The van der Waals surface area contributed by atoms with Gasteiger partial charge < -0.3 is 15.7 Å². The van der Waals surface area contributed by atoms with Crippen LogP contribution in [0.25, 0.3) is 0 Å². The molecule has 5 rings (SSSR count). The number of para-hydroxylation sites is 1. The number of carbonyl (C=O) groups is 2. The van der Waals surface area contributed by atoms with Gasteiger partial charge in [0, 0.05) is 5.56 Å². The molecule has 2 aliphatic rings. The maximum Gasteiger partial charge on any atom is 0.329 e. The highest BCUT2D eigenvalue weighted by atomic mass is 35.5. The average Bonchev–Trinajstić information content (AvgIpc) is 2.81. The lowest BCUT2D eigenvalue weighted by Gasteiger charge is -2.43. The number of hydrogen-bond acceptors (Lipinski definition) is 3. The summed E-state index contributed by atoms with van der Waals surface area (Å²) in [6.45, 7) is 0. The van der Waals surface area contributed by atoms with Crippen molar-refractivity contribution in [3.05, 3.63) is 93.5 Å². The second-order valence-corrected chi connectivity index (χ2v) is 9.01. The molecule has 3 aromatic carbocycles. The van der Waals surface area contributed by atoms with Gasteiger partial charge in [0.25, 0.3) is 11.6 Å². The van der Waals surface area contributed by atoms with Gasteiger partial charge in [0.2, 0.25) is 0 Å². The first kappa shape index (κ1) is 21.8. The van der Waals surface area contributed by atoms with E-state index in [0.29, 0.717) is 10.7 Å². The van der Waals surface area contributed by atoms with E-state index in [1.807, 2.05) is 24.3 Å². The number of aliphatic hydroxyl groups is 1. The largest absolute Gasteiger partial charge is 0.359 e. The van der Waals surface area contributed by atoms with Gasteiger partial charge in [0.1, 0.15) is 0 Å². The maximum absolute atomic E-state index is 13.8. The van der Waals surface area contributed by atoms with Crippen LogP contribution in [0.5, 0.6) is 0 Å². The monoisotopic (exact) mass is 481 g/mol. The van der Waals surface area contributed by atoms with Crippen molar-refractivity contribution in [2.45, 2.75) is 31.0 Å². The summed E-state index contributed by atoms with van der Waals surface area (Å²) in [6.07, 6.45) is 2.58. The molecule has 6 nitrogen and oxygen atoms in total. The van der Waals surface area contributed by atoms with Crippen LogP contribution in [0.15, 0.2) is 66.7 Å². The Morgan fingerprint density at radius 3 is 2.64 bits per heavy atom. The molecule has 0 saturated heterocycles. The average molecular weight is 482 g/mol. The lowest BCUT2D eigenvalue weighted by Crippen LogP contribution is -2.63. The van der Waals surface area contributed by atoms with Crippen LogP contribution in [0.3, 0.4) is 0 Å². The van der Waals surface area contributed by atoms with E-state index in [-0.39, 0.29) is 22.3 Å². The first-order chi connectivity index (χ1) is 15.9. The number of amides is 3. The SMILES string of the molecule is O=C1Nc2ccccc2[C@@](O)(C(=O)N[C@@H]2CCCc3ccccc32)N1c1ccc(Cl)c(Cl)c1. The Hall–Kier alpha value is -3.06. The van der Waals surface area contributed by atoms with E-state index in [1.54, 1.807) is 24.3 Å². The molecule has 0 unspecified atom stereocenters. The Kier molecular flexibility index (Phi) is 5.52. The molecule has 0 bridgehead atoms. The first-order valence-electron chi connectivity index (χ1n) is 10.7. The molecule has 33 heavy (non-hydrogen) atoms. The van der Waals surface area contributed by atoms with Gasteiger partial charge in [-0.2, -0.15) is 0 Å².